The molecule has 5 rings (SSSR count). The highest BCUT2D eigenvalue weighted by atomic mass is 16.5. The Hall–Kier alpha value is -3.99. The van der Waals surface area contributed by atoms with Crippen molar-refractivity contribution in [3.05, 3.63) is 66.9 Å². The predicted octanol–water partition coefficient (Wildman–Crippen LogP) is 6.24. The van der Waals surface area contributed by atoms with Crippen LogP contribution in [0.3, 0.4) is 0 Å². The minimum atomic E-state index is 0.682. The second-order valence-corrected chi connectivity index (χ2v) is 7.49. The van der Waals surface area contributed by atoms with E-state index in [0.29, 0.717) is 23.0 Å². The Kier molecular flexibility index (Phi) is 4.94. The molecule has 160 valence electrons. The molecule has 5 aromatic rings. The maximum Gasteiger partial charge on any atom is 0.161 e. The molecule has 0 atom stereocenters. The summed E-state index contributed by atoms with van der Waals surface area (Å²) in [7, 11) is 6.58. The minimum Gasteiger partial charge on any atom is -0.493 e. The largest absolute Gasteiger partial charge is 0.493 e. The molecule has 0 bridgehead atoms. The lowest BCUT2D eigenvalue weighted by Crippen LogP contribution is -1.93. The van der Waals surface area contributed by atoms with Crippen LogP contribution in [0.1, 0.15) is 0 Å². The molecular formula is C27H23NO4. The summed E-state index contributed by atoms with van der Waals surface area (Å²) in [4.78, 5) is 4.82. The monoisotopic (exact) mass is 425 g/mol. The lowest BCUT2D eigenvalue weighted by Gasteiger charge is -2.15. The molecule has 0 aliphatic heterocycles. The van der Waals surface area contributed by atoms with Gasteiger partial charge in [0.25, 0.3) is 0 Å². The van der Waals surface area contributed by atoms with Crippen LogP contribution in [-0.2, 0) is 0 Å². The summed E-state index contributed by atoms with van der Waals surface area (Å²) >= 11 is 0. The lowest BCUT2D eigenvalue weighted by atomic mass is 9.93. The third-order valence-electron chi connectivity index (χ3n) is 5.89. The Labute approximate surface area is 186 Å². The molecule has 0 saturated heterocycles. The Balaban J connectivity index is 1.89. The molecule has 1 heterocycles. The first-order chi connectivity index (χ1) is 15.7. The van der Waals surface area contributed by atoms with Gasteiger partial charge in [0, 0.05) is 22.4 Å². The van der Waals surface area contributed by atoms with Crippen molar-refractivity contribution in [2.24, 2.45) is 0 Å². The number of benzene rings is 4. The summed E-state index contributed by atoms with van der Waals surface area (Å²) in [6, 6.07) is 20.5. The number of hydrogen-bond donors (Lipinski definition) is 0. The van der Waals surface area contributed by atoms with Gasteiger partial charge in [0.15, 0.2) is 23.0 Å². The van der Waals surface area contributed by atoms with E-state index in [4.69, 9.17) is 23.9 Å². The van der Waals surface area contributed by atoms with Crippen LogP contribution in [0.2, 0.25) is 0 Å². The van der Waals surface area contributed by atoms with Crippen molar-refractivity contribution in [1.29, 1.82) is 0 Å². The van der Waals surface area contributed by atoms with E-state index < -0.39 is 0 Å². The second-order valence-electron chi connectivity index (χ2n) is 7.49. The van der Waals surface area contributed by atoms with E-state index in [1.54, 1.807) is 28.4 Å². The lowest BCUT2D eigenvalue weighted by molar-refractivity contribution is 0.355. The van der Waals surface area contributed by atoms with Crippen LogP contribution in [0.25, 0.3) is 43.6 Å². The normalized spacial score (nSPS) is 11.1. The van der Waals surface area contributed by atoms with Crippen LogP contribution < -0.4 is 18.9 Å². The molecule has 0 aliphatic carbocycles. The van der Waals surface area contributed by atoms with E-state index in [1.807, 2.05) is 42.6 Å². The van der Waals surface area contributed by atoms with Crippen molar-refractivity contribution in [1.82, 2.24) is 4.98 Å². The fraction of sp³-hybridized carbons (Fsp3) is 0.148. The molecule has 0 N–H and O–H groups in total. The van der Waals surface area contributed by atoms with Crippen LogP contribution in [0.4, 0.5) is 0 Å². The van der Waals surface area contributed by atoms with E-state index in [1.165, 1.54) is 0 Å². The number of ether oxygens (including phenoxy) is 4. The van der Waals surface area contributed by atoms with Crippen molar-refractivity contribution in [3.63, 3.8) is 0 Å². The zero-order chi connectivity index (χ0) is 22.2. The molecule has 1 aromatic heterocycles. The quantitative estimate of drug-likeness (QED) is 0.312. The summed E-state index contributed by atoms with van der Waals surface area (Å²) in [5.74, 6) is 2.76. The number of rotatable bonds is 5. The molecule has 32 heavy (non-hydrogen) atoms. The van der Waals surface area contributed by atoms with Crippen molar-refractivity contribution in [2.75, 3.05) is 28.4 Å². The highest BCUT2D eigenvalue weighted by molar-refractivity contribution is 6.19. The molecule has 0 fully saturated rings. The Bertz CT molecular complexity index is 1480. The van der Waals surface area contributed by atoms with E-state index in [0.717, 1.165) is 43.6 Å². The third-order valence-corrected chi connectivity index (χ3v) is 5.89. The molecular weight excluding hydrogens is 402 g/mol. The summed E-state index contributed by atoms with van der Waals surface area (Å²) < 4.78 is 22.0. The molecule has 4 aromatic carbocycles. The van der Waals surface area contributed by atoms with Crippen LogP contribution >= 0.6 is 0 Å². The number of hydrogen-bond acceptors (Lipinski definition) is 5. The number of pyridine rings is 1. The molecule has 5 nitrogen and oxygen atoms in total. The molecule has 0 radical (unpaired) electrons. The Morgan fingerprint density at radius 2 is 1.22 bits per heavy atom. The number of aromatic nitrogens is 1. The smallest absolute Gasteiger partial charge is 0.161 e. The van der Waals surface area contributed by atoms with Crippen LogP contribution in [0.5, 0.6) is 23.0 Å². The van der Waals surface area contributed by atoms with Gasteiger partial charge < -0.3 is 18.9 Å². The van der Waals surface area contributed by atoms with E-state index in [9.17, 15) is 0 Å². The van der Waals surface area contributed by atoms with Crippen LogP contribution in [-0.4, -0.2) is 33.4 Å². The van der Waals surface area contributed by atoms with E-state index >= 15 is 0 Å². The van der Waals surface area contributed by atoms with Gasteiger partial charge in [-0.15, -0.1) is 0 Å². The fourth-order valence-corrected chi connectivity index (χ4v) is 4.32. The predicted molar refractivity (Wildman–Crippen MR) is 128 cm³/mol. The number of fused-ring (bicyclic) bond motifs is 5. The SMILES string of the molecule is COc1ccc(-c2cc3c4cc(OC)c(OC)cc4cnc3c3ccccc23)cc1OC. The number of nitrogens with zero attached hydrogens (tertiary/aromatic N) is 1. The zero-order valence-electron chi connectivity index (χ0n) is 18.4. The van der Waals surface area contributed by atoms with Gasteiger partial charge in [0.05, 0.1) is 34.0 Å². The van der Waals surface area contributed by atoms with Crippen LogP contribution in [0.15, 0.2) is 66.9 Å². The first-order valence-corrected chi connectivity index (χ1v) is 10.3. The van der Waals surface area contributed by atoms with Gasteiger partial charge in [-0.05, 0) is 52.2 Å². The molecule has 0 amide bonds. The molecule has 0 unspecified atom stereocenters. The van der Waals surface area contributed by atoms with Gasteiger partial charge in [-0.3, -0.25) is 4.98 Å². The van der Waals surface area contributed by atoms with Crippen molar-refractivity contribution in [3.8, 4) is 34.1 Å². The maximum atomic E-state index is 5.58. The average Bonchev–Trinajstić information content (AvgIpc) is 2.86. The minimum absolute atomic E-state index is 0.682. The average molecular weight is 425 g/mol. The third kappa shape index (κ3) is 3.05. The summed E-state index contributed by atoms with van der Waals surface area (Å²) in [6.45, 7) is 0. The maximum absolute atomic E-state index is 5.58. The first-order valence-electron chi connectivity index (χ1n) is 10.3. The highest BCUT2D eigenvalue weighted by Crippen LogP contribution is 2.41. The number of methoxy groups -OCH3 is 4. The highest BCUT2D eigenvalue weighted by Gasteiger charge is 2.15. The molecule has 5 heteroatoms. The zero-order valence-corrected chi connectivity index (χ0v) is 18.4. The van der Waals surface area contributed by atoms with Gasteiger partial charge in [-0.1, -0.05) is 30.3 Å². The summed E-state index contributed by atoms with van der Waals surface area (Å²) in [5.41, 5.74) is 3.08. The summed E-state index contributed by atoms with van der Waals surface area (Å²) in [5, 5.41) is 5.31. The van der Waals surface area contributed by atoms with Gasteiger partial charge in [-0.25, -0.2) is 0 Å². The van der Waals surface area contributed by atoms with Crippen molar-refractivity contribution >= 4 is 32.4 Å². The van der Waals surface area contributed by atoms with Gasteiger partial charge >= 0.3 is 0 Å². The first kappa shape index (κ1) is 19.9. The van der Waals surface area contributed by atoms with Crippen molar-refractivity contribution in [2.45, 2.75) is 0 Å². The Morgan fingerprint density at radius 1 is 0.562 bits per heavy atom. The van der Waals surface area contributed by atoms with Gasteiger partial charge in [0.1, 0.15) is 0 Å². The van der Waals surface area contributed by atoms with Gasteiger partial charge in [0.2, 0.25) is 0 Å². The topological polar surface area (TPSA) is 49.8 Å². The van der Waals surface area contributed by atoms with Crippen LogP contribution in [0, 0.1) is 0 Å². The second kappa shape index (κ2) is 7.93. The molecule has 0 saturated carbocycles. The van der Waals surface area contributed by atoms with Crippen molar-refractivity contribution < 1.29 is 18.9 Å². The van der Waals surface area contributed by atoms with Gasteiger partial charge in [-0.2, -0.15) is 0 Å². The van der Waals surface area contributed by atoms with E-state index in [2.05, 4.69) is 24.3 Å². The van der Waals surface area contributed by atoms with E-state index in [-0.39, 0.29) is 0 Å². The standard InChI is InChI=1S/C27H23NO4/c1-29-23-10-9-16(11-24(23)30-2)20-13-22-21-14-26(32-4)25(31-3)12-17(21)15-28-27(22)19-8-6-5-7-18(19)20/h5-15H,1-4H3. The molecule has 0 aliphatic rings. The Morgan fingerprint density at radius 3 is 1.94 bits per heavy atom. The fourth-order valence-electron chi connectivity index (χ4n) is 4.32. The summed E-state index contributed by atoms with van der Waals surface area (Å²) in [6.07, 6.45) is 1.89. The molecule has 0 spiro atoms.